The number of non-ortho nitro benzene ring substituents is 1. The van der Waals surface area contributed by atoms with Gasteiger partial charge in [-0.3, -0.25) is 14.7 Å². The van der Waals surface area contributed by atoms with Gasteiger partial charge in [-0.15, -0.1) is 0 Å². The second kappa shape index (κ2) is 9.85. The van der Waals surface area contributed by atoms with Crippen LogP contribution in [0.25, 0.3) is 11.0 Å². The number of rotatable bonds is 9. The van der Waals surface area contributed by atoms with Gasteiger partial charge in [-0.1, -0.05) is 56.9 Å². The monoisotopic (exact) mass is 448 g/mol. The van der Waals surface area contributed by atoms with Crippen molar-refractivity contribution in [2.75, 3.05) is 11.9 Å². The molecule has 1 atom stereocenters. The Balaban J connectivity index is 1.72. The molecule has 172 valence electrons. The Kier molecular flexibility index (Phi) is 6.72. The van der Waals surface area contributed by atoms with Gasteiger partial charge in [-0.25, -0.2) is 9.78 Å². The Morgan fingerprint density at radius 3 is 2.73 bits per heavy atom. The number of nitrogens with zero attached hydrogens (tertiary/aromatic N) is 3. The van der Waals surface area contributed by atoms with E-state index < -0.39 is 16.9 Å². The summed E-state index contributed by atoms with van der Waals surface area (Å²) in [5, 5.41) is 14.7. The second-order valence-electron chi connectivity index (χ2n) is 8.26. The fraction of sp³-hybridized carbons (Fsp3) is 0.360. The molecule has 1 N–H and O–H groups in total. The SMILES string of the molecule is CCCCCCCOC(=O)C1=C(C)Nc2nc3ccccc3n2[C@@H]1c1cccc([N+](=O)[O-])c1. The van der Waals surface area contributed by atoms with E-state index in [4.69, 9.17) is 4.74 Å². The van der Waals surface area contributed by atoms with E-state index in [9.17, 15) is 14.9 Å². The average Bonchev–Trinajstić information content (AvgIpc) is 3.18. The van der Waals surface area contributed by atoms with E-state index in [0.717, 1.165) is 36.7 Å². The second-order valence-corrected chi connectivity index (χ2v) is 8.26. The minimum Gasteiger partial charge on any atom is -0.462 e. The number of nitro groups is 1. The van der Waals surface area contributed by atoms with Crippen LogP contribution in [0.2, 0.25) is 0 Å². The molecule has 0 saturated heterocycles. The Hall–Kier alpha value is -3.68. The van der Waals surface area contributed by atoms with Crippen LogP contribution in [0.4, 0.5) is 11.6 Å². The first-order chi connectivity index (χ1) is 16.0. The molecule has 2 aromatic carbocycles. The molecule has 0 fully saturated rings. The number of fused-ring (bicyclic) bond motifs is 3. The third kappa shape index (κ3) is 4.60. The van der Waals surface area contributed by atoms with Crippen LogP contribution in [-0.2, 0) is 9.53 Å². The number of imidazole rings is 1. The first kappa shape index (κ1) is 22.5. The number of carbonyl (C=O) groups excluding carboxylic acids is 1. The maximum atomic E-state index is 13.3. The van der Waals surface area contributed by atoms with Crippen LogP contribution in [0.15, 0.2) is 59.8 Å². The van der Waals surface area contributed by atoms with Crippen molar-refractivity contribution in [3.8, 4) is 0 Å². The highest BCUT2D eigenvalue weighted by Gasteiger charge is 2.35. The predicted octanol–water partition coefficient (Wildman–Crippen LogP) is 5.75. The number of nitro benzene ring substituents is 1. The minimum atomic E-state index is -0.596. The van der Waals surface area contributed by atoms with E-state index in [2.05, 4.69) is 17.2 Å². The van der Waals surface area contributed by atoms with E-state index in [-0.39, 0.29) is 5.69 Å². The lowest BCUT2D eigenvalue weighted by atomic mass is 9.94. The zero-order valence-corrected chi connectivity index (χ0v) is 18.9. The Bertz CT molecular complexity index is 1210. The number of hydrogen-bond acceptors (Lipinski definition) is 6. The predicted molar refractivity (Wildman–Crippen MR) is 127 cm³/mol. The molecule has 0 amide bonds. The van der Waals surface area contributed by atoms with E-state index >= 15 is 0 Å². The number of aromatic nitrogens is 2. The summed E-state index contributed by atoms with van der Waals surface area (Å²) < 4.78 is 7.58. The maximum Gasteiger partial charge on any atom is 0.338 e. The molecule has 0 unspecified atom stereocenters. The molecule has 0 bridgehead atoms. The number of hydrogen-bond donors (Lipinski definition) is 1. The number of esters is 1. The molecule has 8 nitrogen and oxygen atoms in total. The quantitative estimate of drug-likeness (QED) is 0.194. The maximum absolute atomic E-state index is 13.3. The molecule has 3 aromatic rings. The topological polar surface area (TPSA) is 99.3 Å². The van der Waals surface area contributed by atoms with E-state index in [0.29, 0.717) is 29.4 Å². The largest absolute Gasteiger partial charge is 0.462 e. The van der Waals surface area contributed by atoms with Crippen LogP contribution in [0.5, 0.6) is 0 Å². The Labute approximate surface area is 192 Å². The molecule has 1 aliphatic heterocycles. The number of para-hydroxylation sites is 2. The van der Waals surface area contributed by atoms with E-state index in [1.165, 1.54) is 18.6 Å². The van der Waals surface area contributed by atoms with Gasteiger partial charge in [-0.05, 0) is 31.0 Å². The highest BCUT2D eigenvalue weighted by molar-refractivity contribution is 5.94. The van der Waals surface area contributed by atoms with Crippen molar-refractivity contribution in [2.24, 2.45) is 0 Å². The first-order valence-corrected chi connectivity index (χ1v) is 11.4. The third-order valence-electron chi connectivity index (χ3n) is 5.93. The number of unbranched alkanes of at least 4 members (excludes halogenated alkanes) is 4. The first-order valence-electron chi connectivity index (χ1n) is 11.4. The van der Waals surface area contributed by atoms with Crippen molar-refractivity contribution < 1.29 is 14.5 Å². The number of anilines is 1. The normalized spacial score (nSPS) is 15.3. The van der Waals surface area contributed by atoms with Gasteiger partial charge in [0, 0.05) is 17.8 Å². The summed E-state index contributed by atoms with van der Waals surface area (Å²) in [6, 6.07) is 13.4. The number of carbonyl (C=O) groups is 1. The van der Waals surface area contributed by atoms with Crippen molar-refractivity contribution in [2.45, 2.75) is 52.0 Å². The summed E-state index contributed by atoms with van der Waals surface area (Å²) in [5.74, 6) is 0.164. The van der Waals surface area contributed by atoms with Crippen LogP contribution in [0.1, 0.15) is 57.6 Å². The van der Waals surface area contributed by atoms with Crippen LogP contribution < -0.4 is 5.32 Å². The smallest absolute Gasteiger partial charge is 0.338 e. The summed E-state index contributed by atoms with van der Waals surface area (Å²) in [6.45, 7) is 4.32. The highest BCUT2D eigenvalue weighted by Crippen LogP contribution is 2.40. The van der Waals surface area contributed by atoms with Crippen LogP contribution in [0.3, 0.4) is 0 Å². The van der Waals surface area contributed by atoms with Crippen molar-refractivity contribution in [1.82, 2.24) is 9.55 Å². The van der Waals surface area contributed by atoms with Gasteiger partial charge in [0.05, 0.1) is 34.2 Å². The van der Waals surface area contributed by atoms with Crippen molar-refractivity contribution in [1.29, 1.82) is 0 Å². The summed E-state index contributed by atoms with van der Waals surface area (Å²) in [5.41, 5.74) is 3.26. The molecule has 4 rings (SSSR count). The van der Waals surface area contributed by atoms with Crippen molar-refractivity contribution >= 4 is 28.6 Å². The molecule has 1 aliphatic rings. The molecular formula is C25H28N4O4. The summed E-state index contributed by atoms with van der Waals surface area (Å²) in [7, 11) is 0. The zero-order chi connectivity index (χ0) is 23.4. The molecule has 2 heterocycles. The van der Waals surface area contributed by atoms with Gasteiger partial charge in [0.1, 0.15) is 0 Å². The zero-order valence-electron chi connectivity index (χ0n) is 18.9. The number of nitrogens with one attached hydrogen (secondary N) is 1. The summed E-state index contributed by atoms with van der Waals surface area (Å²) in [6.07, 6.45) is 5.28. The van der Waals surface area contributed by atoms with Gasteiger partial charge in [0.2, 0.25) is 5.95 Å². The van der Waals surface area contributed by atoms with Gasteiger partial charge in [0.25, 0.3) is 5.69 Å². The lowest BCUT2D eigenvalue weighted by Crippen LogP contribution is -2.29. The fourth-order valence-corrected chi connectivity index (χ4v) is 4.30. The van der Waals surface area contributed by atoms with Gasteiger partial charge >= 0.3 is 5.97 Å². The molecule has 0 aliphatic carbocycles. The standard InChI is InChI=1S/C25H28N4O4/c1-3-4-5-6-9-15-33-24(30)22-17(2)26-25-27-20-13-7-8-14-21(20)28(25)23(22)18-11-10-12-19(16-18)29(31)32/h7-8,10-14,16,23H,3-6,9,15H2,1-2H3,(H,26,27)/t23-/m1/s1. The number of allylic oxidation sites excluding steroid dienone is 1. The molecule has 8 heteroatoms. The molecule has 33 heavy (non-hydrogen) atoms. The molecular weight excluding hydrogens is 420 g/mol. The minimum absolute atomic E-state index is 0.0294. The lowest BCUT2D eigenvalue weighted by molar-refractivity contribution is -0.384. The van der Waals surface area contributed by atoms with Gasteiger partial charge in [0.15, 0.2) is 0 Å². The third-order valence-corrected chi connectivity index (χ3v) is 5.93. The van der Waals surface area contributed by atoms with E-state index in [1.54, 1.807) is 12.1 Å². The number of benzene rings is 2. The summed E-state index contributed by atoms with van der Waals surface area (Å²) >= 11 is 0. The molecule has 1 aromatic heterocycles. The average molecular weight is 449 g/mol. The fourth-order valence-electron chi connectivity index (χ4n) is 4.30. The Morgan fingerprint density at radius 2 is 1.94 bits per heavy atom. The van der Waals surface area contributed by atoms with Crippen LogP contribution in [-0.4, -0.2) is 27.1 Å². The molecule has 0 saturated carbocycles. The van der Waals surface area contributed by atoms with Gasteiger partial charge < -0.3 is 10.1 Å². The van der Waals surface area contributed by atoms with Gasteiger partial charge in [-0.2, -0.15) is 0 Å². The lowest BCUT2D eigenvalue weighted by Gasteiger charge is -2.30. The van der Waals surface area contributed by atoms with Crippen LogP contribution >= 0.6 is 0 Å². The number of ether oxygens (including phenoxy) is 1. The highest BCUT2D eigenvalue weighted by atomic mass is 16.6. The van der Waals surface area contributed by atoms with Crippen molar-refractivity contribution in [3.05, 3.63) is 75.5 Å². The molecule has 0 radical (unpaired) electrons. The van der Waals surface area contributed by atoms with E-state index in [1.807, 2.05) is 35.8 Å². The summed E-state index contributed by atoms with van der Waals surface area (Å²) in [4.78, 5) is 29.0. The Morgan fingerprint density at radius 1 is 1.15 bits per heavy atom. The van der Waals surface area contributed by atoms with Crippen LogP contribution in [0, 0.1) is 10.1 Å². The van der Waals surface area contributed by atoms with Crippen molar-refractivity contribution in [3.63, 3.8) is 0 Å². The molecule has 0 spiro atoms.